The highest BCUT2D eigenvalue weighted by atomic mass is 16.3. The van der Waals surface area contributed by atoms with Crippen LogP contribution in [-0.2, 0) is 0 Å². The van der Waals surface area contributed by atoms with Crippen LogP contribution in [0.5, 0.6) is 0 Å². The lowest BCUT2D eigenvalue weighted by Gasteiger charge is -2.41. The summed E-state index contributed by atoms with van der Waals surface area (Å²) in [5.41, 5.74) is 0.740. The van der Waals surface area contributed by atoms with E-state index in [9.17, 15) is 9.90 Å². The maximum atomic E-state index is 12.3. The Morgan fingerprint density at radius 3 is 2.74 bits per heavy atom. The number of hydrogen-bond donors (Lipinski definition) is 2. The molecule has 0 atom stereocenters. The van der Waals surface area contributed by atoms with Gasteiger partial charge >= 0.3 is 0 Å². The quantitative estimate of drug-likeness (QED) is 0.897. The summed E-state index contributed by atoms with van der Waals surface area (Å²) in [4.78, 5) is 23.3. The van der Waals surface area contributed by atoms with Crippen molar-refractivity contribution in [1.82, 2.24) is 15.3 Å². The number of rotatable bonds is 3. The fourth-order valence-electron chi connectivity index (χ4n) is 3.23. The highest BCUT2D eigenvalue weighted by molar-refractivity contribution is 5.97. The Labute approximate surface area is 134 Å². The van der Waals surface area contributed by atoms with Crippen LogP contribution in [0.2, 0.25) is 0 Å². The Morgan fingerprint density at radius 2 is 2.09 bits per heavy atom. The molecule has 1 amide bonds. The minimum absolute atomic E-state index is 0.0418. The molecule has 6 nitrogen and oxygen atoms in total. The first-order chi connectivity index (χ1) is 11.0. The smallest absolute Gasteiger partial charge is 0.253 e. The summed E-state index contributed by atoms with van der Waals surface area (Å²) < 4.78 is 0. The number of hydrogen-bond acceptors (Lipinski definition) is 5. The molecule has 23 heavy (non-hydrogen) atoms. The van der Waals surface area contributed by atoms with Crippen molar-refractivity contribution in [1.29, 1.82) is 0 Å². The van der Waals surface area contributed by atoms with Gasteiger partial charge in [0.05, 0.1) is 16.7 Å². The number of pyridine rings is 2. The van der Waals surface area contributed by atoms with Crippen molar-refractivity contribution in [3.8, 4) is 0 Å². The summed E-state index contributed by atoms with van der Waals surface area (Å²) in [5.74, 6) is 0.803. The predicted molar refractivity (Wildman–Crippen MR) is 87.5 cm³/mol. The fourth-order valence-corrected chi connectivity index (χ4v) is 3.23. The Hall–Kier alpha value is -2.21. The zero-order valence-corrected chi connectivity index (χ0v) is 13.1. The number of nitrogens with zero attached hydrogens (tertiary/aromatic N) is 3. The Kier molecular flexibility index (Phi) is 3.23. The molecule has 0 radical (unpaired) electrons. The lowest BCUT2D eigenvalue weighted by atomic mass is 9.77. The van der Waals surface area contributed by atoms with Gasteiger partial charge < -0.3 is 15.3 Å². The molecule has 2 aromatic heterocycles. The van der Waals surface area contributed by atoms with E-state index in [1.807, 2.05) is 12.1 Å². The maximum Gasteiger partial charge on any atom is 0.253 e. The molecule has 0 unspecified atom stereocenters. The number of nitrogens with one attached hydrogen (secondary N) is 1. The standard InChI is InChI=1S/C17H20N4O2/c1-17(23)7-13(8-17)20-16(22)12-5-11-9-19-15(21-3-2-4-21)6-14(11)18-10-12/h5-6,9-10,13,23H,2-4,7-8H2,1H3,(H,20,22). The second-order valence-electron chi connectivity index (χ2n) is 6.88. The van der Waals surface area contributed by atoms with Gasteiger partial charge in [-0.1, -0.05) is 0 Å². The molecule has 120 valence electrons. The first-order valence-electron chi connectivity index (χ1n) is 8.04. The number of aliphatic hydroxyl groups is 1. The van der Waals surface area contributed by atoms with Crippen LogP contribution in [0.3, 0.4) is 0 Å². The molecule has 4 rings (SSSR count). The van der Waals surface area contributed by atoms with Crippen molar-refractivity contribution in [2.24, 2.45) is 0 Å². The van der Waals surface area contributed by atoms with Crippen molar-refractivity contribution in [2.75, 3.05) is 18.0 Å². The van der Waals surface area contributed by atoms with Crippen LogP contribution in [0.15, 0.2) is 24.5 Å². The third kappa shape index (κ3) is 2.74. The van der Waals surface area contributed by atoms with Gasteiger partial charge in [0.15, 0.2) is 0 Å². The Morgan fingerprint density at radius 1 is 1.30 bits per heavy atom. The third-order valence-electron chi connectivity index (χ3n) is 4.70. The maximum absolute atomic E-state index is 12.3. The van der Waals surface area contributed by atoms with Crippen molar-refractivity contribution in [2.45, 2.75) is 37.8 Å². The van der Waals surface area contributed by atoms with Crippen LogP contribution in [0.1, 0.15) is 36.5 Å². The molecule has 1 aliphatic heterocycles. The molecule has 1 saturated carbocycles. The molecule has 6 heteroatoms. The van der Waals surface area contributed by atoms with Crippen molar-refractivity contribution < 1.29 is 9.90 Å². The molecule has 0 bridgehead atoms. The molecule has 2 fully saturated rings. The predicted octanol–water partition coefficient (Wildman–Crippen LogP) is 1.48. The van der Waals surface area contributed by atoms with E-state index in [0.29, 0.717) is 18.4 Å². The molecule has 2 N–H and O–H groups in total. The number of amides is 1. The molecule has 3 heterocycles. The van der Waals surface area contributed by atoms with Gasteiger partial charge in [-0.25, -0.2) is 4.98 Å². The summed E-state index contributed by atoms with van der Waals surface area (Å²) >= 11 is 0. The lowest BCUT2D eigenvalue weighted by molar-refractivity contribution is -0.0366. The van der Waals surface area contributed by atoms with Crippen molar-refractivity contribution in [3.63, 3.8) is 0 Å². The normalized spacial score (nSPS) is 26.5. The van der Waals surface area contributed by atoms with Gasteiger partial charge in [0.25, 0.3) is 5.91 Å². The fraction of sp³-hybridized carbons (Fsp3) is 0.471. The van der Waals surface area contributed by atoms with E-state index in [1.165, 1.54) is 6.42 Å². The first-order valence-corrected chi connectivity index (χ1v) is 8.04. The molecule has 1 aliphatic carbocycles. The molecule has 0 aromatic carbocycles. The minimum Gasteiger partial charge on any atom is -0.390 e. The summed E-state index contributed by atoms with van der Waals surface area (Å²) in [6.07, 6.45) is 5.79. The van der Waals surface area contributed by atoms with Crippen LogP contribution >= 0.6 is 0 Å². The van der Waals surface area contributed by atoms with Crippen LogP contribution < -0.4 is 10.2 Å². The van der Waals surface area contributed by atoms with E-state index in [2.05, 4.69) is 20.2 Å². The number of anilines is 1. The van der Waals surface area contributed by atoms with Crippen LogP contribution in [0.4, 0.5) is 5.82 Å². The number of carbonyl (C=O) groups is 1. The average Bonchev–Trinajstić information content (AvgIpc) is 2.43. The van der Waals surface area contributed by atoms with Gasteiger partial charge in [0, 0.05) is 43.0 Å². The van der Waals surface area contributed by atoms with Gasteiger partial charge in [-0.05, 0) is 32.3 Å². The van der Waals surface area contributed by atoms with Gasteiger partial charge in [-0.3, -0.25) is 9.78 Å². The number of carbonyl (C=O) groups excluding carboxylic acids is 1. The van der Waals surface area contributed by atoms with E-state index in [-0.39, 0.29) is 11.9 Å². The largest absolute Gasteiger partial charge is 0.390 e. The minimum atomic E-state index is -0.642. The van der Waals surface area contributed by atoms with Gasteiger partial charge in [0.1, 0.15) is 5.82 Å². The molecule has 2 aliphatic rings. The highest BCUT2D eigenvalue weighted by Gasteiger charge is 2.39. The SMILES string of the molecule is CC1(O)CC(NC(=O)c2cnc3cc(N4CCC4)ncc3c2)C1. The zero-order valence-electron chi connectivity index (χ0n) is 13.1. The molecule has 2 aromatic rings. The summed E-state index contributed by atoms with van der Waals surface area (Å²) in [6, 6.07) is 3.83. The summed E-state index contributed by atoms with van der Waals surface area (Å²) in [7, 11) is 0. The first kappa shape index (κ1) is 14.4. The zero-order chi connectivity index (χ0) is 16.0. The molecule has 1 saturated heterocycles. The number of aromatic nitrogens is 2. The second kappa shape index (κ2) is 5.16. The van der Waals surface area contributed by atoms with Crippen molar-refractivity contribution in [3.05, 3.63) is 30.1 Å². The van der Waals surface area contributed by atoms with E-state index in [1.54, 1.807) is 19.3 Å². The van der Waals surface area contributed by atoms with Crippen LogP contribution in [0, 0.1) is 0 Å². The van der Waals surface area contributed by atoms with Gasteiger partial charge in [0.2, 0.25) is 0 Å². The molecular weight excluding hydrogens is 292 g/mol. The molecular formula is C17H20N4O2. The Balaban J connectivity index is 1.51. The van der Waals surface area contributed by atoms with E-state index < -0.39 is 5.60 Å². The van der Waals surface area contributed by atoms with Crippen LogP contribution in [-0.4, -0.2) is 45.7 Å². The second-order valence-corrected chi connectivity index (χ2v) is 6.88. The van der Waals surface area contributed by atoms with Crippen LogP contribution in [0.25, 0.3) is 10.9 Å². The average molecular weight is 312 g/mol. The van der Waals surface area contributed by atoms with Crippen molar-refractivity contribution >= 4 is 22.6 Å². The summed E-state index contributed by atoms with van der Waals surface area (Å²) in [5, 5.41) is 13.5. The van der Waals surface area contributed by atoms with Gasteiger partial charge in [-0.2, -0.15) is 0 Å². The third-order valence-corrected chi connectivity index (χ3v) is 4.70. The Bertz CT molecular complexity index is 762. The highest BCUT2D eigenvalue weighted by Crippen LogP contribution is 2.31. The summed E-state index contributed by atoms with van der Waals surface area (Å²) in [6.45, 7) is 3.88. The van der Waals surface area contributed by atoms with E-state index in [4.69, 9.17) is 0 Å². The van der Waals surface area contributed by atoms with Gasteiger partial charge in [-0.15, -0.1) is 0 Å². The lowest BCUT2D eigenvalue weighted by Crippen LogP contribution is -2.53. The van der Waals surface area contributed by atoms with E-state index in [0.717, 1.165) is 29.8 Å². The monoisotopic (exact) mass is 312 g/mol. The van der Waals surface area contributed by atoms with E-state index >= 15 is 0 Å². The molecule has 0 spiro atoms. The number of fused-ring (bicyclic) bond motifs is 1. The topological polar surface area (TPSA) is 78.3 Å².